The van der Waals surface area contributed by atoms with Gasteiger partial charge in [0.25, 0.3) is 15.9 Å². The molecule has 9 heteroatoms. The van der Waals surface area contributed by atoms with Gasteiger partial charge in [0.2, 0.25) is 0 Å². The van der Waals surface area contributed by atoms with E-state index in [1.165, 1.54) is 6.07 Å². The molecule has 2 N–H and O–H groups in total. The standard InChI is InChI=1S/C27H30ClN3O4S/c1-2-35-24-12-10-23(11-13-24)30-36(33,34)26-19-21(27(32)31-17-3-4-18-31)7-14-25(26)29-16-15-20-5-8-22(28)9-6-20/h5-14,19,29-30H,2-4,15-18H2,1H3. The fourth-order valence-electron chi connectivity index (χ4n) is 4.12. The first-order valence-corrected chi connectivity index (χ1v) is 13.9. The predicted molar refractivity (Wildman–Crippen MR) is 144 cm³/mol. The van der Waals surface area contributed by atoms with E-state index in [4.69, 9.17) is 16.3 Å². The van der Waals surface area contributed by atoms with Gasteiger partial charge in [-0.3, -0.25) is 9.52 Å². The van der Waals surface area contributed by atoms with E-state index in [2.05, 4.69) is 10.0 Å². The molecule has 3 aromatic carbocycles. The molecule has 7 nitrogen and oxygen atoms in total. The van der Waals surface area contributed by atoms with Crippen LogP contribution in [0.1, 0.15) is 35.7 Å². The van der Waals surface area contributed by atoms with Crippen LogP contribution in [0.5, 0.6) is 5.75 Å². The molecule has 0 aliphatic carbocycles. The van der Waals surface area contributed by atoms with E-state index in [9.17, 15) is 13.2 Å². The van der Waals surface area contributed by atoms with Crippen LogP contribution in [0.3, 0.4) is 0 Å². The summed E-state index contributed by atoms with van der Waals surface area (Å²) in [4.78, 5) is 14.8. The number of nitrogens with one attached hydrogen (secondary N) is 2. The highest BCUT2D eigenvalue weighted by Gasteiger charge is 2.24. The van der Waals surface area contributed by atoms with E-state index in [1.807, 2.05) is 31.2 Å². The third-order valence-electron chi connectivity index (χ3n) is 5.97. The number of carbonyl (C=O) groups is 1. The van der Waals surface area contributed by atoms with Crippen molar-refractivity contribution in [3.8, 4) is 5.75 Å². The highest BCUT2D eigenvalue weighted by molar-refractivity contribution is 7.92. The molecule has 1 fully saturated rings. The molecule has 1 aliphatic rings. The van der Waals surface area contributed by atoms with Gasteiger partial charge in [-0.25, -0.2) is 8.42 Å². The molecule has 3 aromatic rings. The van der Waals surface area contributed by atoms with Crippen LogP contribution in [-0.2, 0) is 16.4 Å². The molecule has 0 spiro atoms. The smallest absolute Gasteiger partial charge is 0.263 e. The number of amides is 1. The number of likely N-dealkylation sites (tertiary alicyclic amines) is 1. The number of halogens is 1. The van der Waals surface area contributed by atoms with Gasteiger partial charge in [-0.05, 0) is 86.3 Å². The second kappa shape index (κ2) is 11.7. The number of ether oxygens (including phenoxy) is 1. The van der Waals surface area contributed by atoms with E-state index >= 15 is 0 Å². The minimum atomic E-state index is -3.99. The van der Waals surface area contributed by atoms with Crippen molar-refractivity contribution in [2.45, 2.75) is 31.1 Å². The first kappa shape index (κ1) is 25.9. The van der Waals surface area contributed by atoms with Crippen LogP contribution in [0.25, 0.3) is 0 Å². The molecule has 1 amide bonds. The maximum absolute atomic E-state index is 13.5. The maximum Gasteiger partial charge on any atom is 0.263 e. The molecular weight excluding hydrogens is 498 g/mol. The summed E-state index contributed by atoms with van der Waals surface area (Å²) in [5.41, 5.74) is 2.26. The molecule has 0 saturated carbocycles. The van der Waals surface area contributed by atoms with Crippen LogP contribution in [0.4, 0.5) is 11.4 Å². The molecule has 1 saturated heterocycles. The Hall–Kier alpha value is -3.23. The Morgan fingerprint density at radius 2 is 1.69 bits per heavy atom. The van der Waals surface area contributed by atoms with E-state index in [-0.39, 0.29) is 10.8 Å². The molecular formula is C27H30ClN3O4S. The van der Waals surface area contributed by atoms with Crippen LogP contribution in [0.2, 0.25) is 5.02 Å². The van der Waals surface area contributed by atoms with Gasteiger partial charge < -0.3 is 15.0 Å². The van der Waals surface area contributed by atoms with Crippen LogP contribution in [0.15, 0.2) is 71.6 Å². The van der Waals surface area contributed by atoms with Crippen LogP contribution < -0.4 is 14.8 Å². The third-order valence-corrected chi connectivity index (χ3v) is 7.64. The second-order valence-electron chi connectivity index (χ2n) is 8.58. The SMILES string of the molecule is CCOc1ccc(NS(=O)(=O)c2cc(C(=O)N3CCCC3)ccc2NCCc2ccc(Cl)cc2)cc1. The number of carbonyl (C=O) groups excluding carboxylic acids is 1. The zero-order valence-electron chi connectivity index (χ0n) is 20.2. The van der Waals surface area contributed by atoms with Gasteiger partial charge in [-0.1, -0.05) is 23.7 Å². The summed E-state index contributed by atoms with van der Waals surface area (Å²) in [6.45, 7) is 4.29. The van der Waals surface area contributed by atoms with Crippen molar-refractivity contribution in [2.75, 3.05) is 36.3 Å². The normalized spacial score (nSPS) is 13.4. The van der Waals surface area contributed by atoms with Crippen molar-refractivity contribution >= 4 is 38.9 Å². The van der Waals surface area contributed by atoms with E-state index in [1.54, 1.807) is 41.3 Å². The van der Waals surface area contributed by atoms with Crippen LogP contribution >= 0.6 is 11.6 Å². The average molecular weight is 528 g/mol. The van der Waals surface area contributed by atoms with Crippen molar-refractivity contribution in [1.82, 2.24) is 4.90 Å². The van der Waals surface area contributed by atoms with Gasteiger partial charge in [0.1, 0.15) is 10.6 Å². The number of rotatable bonds is 10. The molecule has 1 heterocycles. The van der Waals surface area contributed by atoms with Gasteiger partial charge in [-0.2, -0.15) is 0 Å². The minimum absolute atomic E-state index is 0.0255. The summed E-state index contributed by atoms with van der Waals surface area (Å²) in [6.07, 6.45) is 2.60. The highest BCUT2D eigenvalue weighted by atomic mass is 35.5. The van der Waals surface area contributed by atoms with E-state index in [0.29, 0.717) is 60.4 Å². The Kier molecular flexibility index (Phi) is 8.38. The number of anilines is 2. The number of hydrogen-bond donors (Lipinski definition) is 2. The summed E-state index contributed by atoms with van der Waals surface area (Å²) >= 11 is 5.96. The molecule has 0 atom stereocenters. The monoisotopic (exact) mass is 527 g/mol. The second-order valence-corrected chi connectivity index (χ2v) is 10.7. The maximum atomic E-state index is 13.5. The molecule has 1 aliphatic heterocycles. The Morgan fingerprint density at radius 3 is 2.36 bits per heavy atom. The van der Waals surface area contributed by atoms with Gasteiger partial charge >= 0.3 is 0 Å². The number of nitrogens with zero attached hydrogens (tertiary/aromatic N) is 1. The minimum Gasteiger partial charge on any atom is -0.494 e. The first-order chi connectivity index (χ1) is 17.4. The number of hydrogen-bond acceptors (Lipinski definition) is 5. The lowest BCUT2D eigenvalue weighted by molar-refractivity contribution is 0.0792. The summed E-state index contributed by atoms with van der Waals surface area (Å²) < 4.78 is 35.0. The number of benzene rings is 3. The van der Waals surface area contributed by atoms with Crippen molar-refractivity contribution in [3.63, 3.8) is 0 Å². The van der Waals surface area contributed by atoms with Crippen molar-refractivity contribution < 1.29 is 17.9 Å². The third kappa shape index (κ3) is 6.50. The molecule has 0 unspecified atom stereocenters. The fraction of sp³-hybridized carbons (Fsp3) is 0.296. The zero-order chi connectivity index (χ0) is 25.5. The summed E-state index contributed by atoms with van der Waals surface area (Å²) in [5.74, 6) is 0.501. The largest absolute Gasteiger partial charge is 0.494 e. The summed E-state index contributed by atoms with van der Waals surface area (Å²) in [6, 6.07) is 19.0. The summed E-state index contributed by atoms with van der Waals surface area (Å²) in [7, 11) is -3.99. The molecule has 0 bridgehead atoms. The lowest BCUT2D eigenvalue weighted by Gasteiger charge is -2.18. The lowest BCUT2D eigenvalue weighted by atomic mass is 10.1. The molecule has 4 rings (SSSR count). The van der Waals surface area contributed by atoms with Crippen LogP contribution in [-0.4, -0.2) is 45.5 Å². The van der Waals surface area contributed by atoms with Crippen molar-refractivity contribution in [2.24, 2.45) is 0 Å². The van der Waals surface area contributed by atoms with Gasteiger partial charge in [0, 0.05) is 35.9 Å². The Morgan fingerprint density at radius 1 is 1.00 bits per heavy atom. The highest BCUT2D eigenvalue weighted by Crippen LogP contribution is 2.27. The van der Waals surface area contributed by atoms with Crippen LogP contribution in [0, 0.1) is 0 Å². The Bertz CT molecular complexity index is 1290. The average Bonchev–Trinajstić information content (AvgIpc) is 3.41. The predicted octanol–water partition coefficient (Wildman–Crippen LogP) is 5.43. The van der Waals surface area contributed by atoms with Gasteiger partial charge in [-0.15, -0.1) is 0 Å². The first-order valence-electron chi connectivity index (χ1n) is 12.0. The molecule has 0 aromatic heterocycles. The molecule has 0 radical (unpaired) electrons. The lowest BCUT2D eigenvalue weighted by Crippen LogP contribution is -2.28. The zero-order valence-corrected chi connectivity index (χ0v) is 21.7. The summed E-state index contributed by atoms with van der Waals surface area (Å²) in [5, 5.41) is 3.90. The quantitative estimate of drug-likeness (QED) is 0.367. The van der Waals surface area contributed by atoms with Crippen molar-refractivity contribution in [3.05, 3.63) is 82.9 Å². The van der Waals surface area contributed by atoms with Gasteiger partial charge in [0.15, 0.2) is 0 Å². The molecule has 36 heavy (non-hydrogen) atoms. The Labute approximate surface area is 217 Å². The number of sulfonamides is 1. The van der Waals surface area contributed by atoms with E-state index < -0.39 is 10.0 Å². The Balaban J connectivity index is 1.58. The van der Waals surface area contributed by atoms with Gasteiger partial charge in [0.05, 0.1) is 12.3 Å². The fourth-order valence-corrected chi connectivity index (χ4v) is 5.51. The topological polar surface area (TPSA) is 87.7 Å². The molecule has 190 valence electrons. The van der Waals surface area contributed by atoms with E-state index in [0.717, 1.165) is 18.4 Å². The van der Waals surface area contributed by atoms with Crippen molar-refractivity contribution in [1.29, 1.82) is 0 Å².